The summed E-state index contributed by atoms with van der Waals surface area (Å²) >= 11 is 0. The van der Waals surface area contributed by atoms with Gasteiger partial charge in [0.2, 0.25) is 0 Å². The first-order valence-electron chi connectivity index (χ1n) is 7.67. The summed E-state index contributed by atoms with van der Waals surface area (Å²) in [7, 11) is 0. The fourth-order valence-corrected chi connectivity index (χ4v) is 2.07. The van der Waals surface area contributed by atoms with E-state index in [0.29, 0.717) is 29.2 Å². The first kappa shape index (κ1) is 17.5. The minimum atomic E-state index is -0.254. The lowest BCUT2D eigenvalue weighted by atomic mass is 10.1. The molecule has 0 aromatic heterocycles. The molecule has 0 aliphatic carbocycles. The summed E-state index contributed by atoms with van der Waals surface area (Å²) in [5.41, 5.74) is 3.46. The zero-order valence-corrected chi connectivity index (χ0v) is 14.2. The molecule has 0 aliphatic rings. The molecule has 24 heavy (non-hydrogen) atoms. The van der Waals surface area contributed by atoms with Crippen LogP contribution in [0.1, 0.15) is 40.1 Å². The minimum absolute atomic E-state index is 0.0766. The molecule has 0 bridgehead atoms. The van der Waals surface area contributed by atoms with Gasteiger partial charge in [0.1, 0.15) is 12.4 Å². The summed E-state index contributed by atoms with van der Waals surface area (Å²) in [6.07, 6.45) is 0. The summed E-state index contributed by atoms with van der Waals surface area (Å²) in [5, 5.41) is 2.82. The van der Waals surface area contributed by atoms with E-state index in [1.807, 2.05) is 26.0 Å². The number of ether oxygens (including phenoxy) is 1. The second-order valence-electron chi connectivity index (χ2n) is 5.83. The van der Waals surface area contributed by atoms with Crippen LogP contribution >= 0.6 is 0 Å². The van der Waals surface area contributed by atoms with Crippen molar-refractivity contribution in [2.75, 3.05) is 11.9 Å². The molecule has 0 unspecified atom stereocenters. The number of benzene rings is 2. The van der Waals surface area contributed by atoms with Crippen molar-refractivity contribution in [2.45, 2.75) is 20.8 Å². The molecule has 0 saturated carbocycles. The lowest BCUT2D eigenvalue weighted by Crippen LogP contribution is -2.14. The van der Waals surface area contributed by atoms with Crippen LogP contribution < -0.4 is 10.1 Å². The molecule has 124 valence electrons. The number of carbonyl (C=O) groups excluding carboxylic acids is 2. The molecule has 2 rings (SSSR count). The topological polar surface area (TPSA) is 55.4 Å². The van der Waals surface area contributed by atoms with Gasteiger partial charge < -0.3 is 10.1 Å². The van der Waals surface area contributed by atoms with Crippen molar-refractivity contribution in [3.05, 3.63) is 71.3 Å². The number of hydrogen-bond acceptors (Lipinski definition) is 3. The van der Waals surface area contributed by atoms with E-state index in [1.165, 1.54) is 6.92 Å². The molecule has 1 amide bonds. The van der Waals surface area contributed by atoms with Crippen LogP contribution in [-0.2, 0) is 0 Å². The van der Waals surface area contributed by atoms with Gasteiger partial charge in [-0.1, -0.05) is 24.3 Å². The van der Waals surface area contributed by atoms with E-state index in [1.54, 1.807) is 30.3 Å². The normalized spacial score (nSPS) is 10.1. The first-order valence-corrected chi connectivity index (χ1v) is 7.67. The molecule has 4 nitrogen and oxygen atoms in total. The van der Waals surface area contributed by atoms with E-state index >= 15 is 0 Å². The summed E-state index contributed by atoms with van der Waals surface area (Å²) in [5.74, 6) is 0.173. The predicted octanol–water partition coefficient (Wildman–Crippen LogP) is 4.40. The number of aryl methyl sites for hydroxylation is 1. The Kier molecular flexibility index (Phi) is 5.53. The van der Waals surface area contributed by atoms with Crippen LogP contribution in [0.3, 0.4) is 0 Å². The highest BCUT2D eigenvalue weighted by Gasteiger charge is 2.12. The highest BCUT2D eigenvalue weighted by atomic mass is 16.5. The lowest BCUT2D eigenvalue weighted by Gasteiger charge is -2.14. The second kappa shape index (κ2) is 7.59. The van der Waals surface area contributed by atoms with Gasteiger partial charge in [-0.05, 0) is 56.7 Å². The van der Waals surface area contributed by atoms with Crippen LogP contribution in [0.25, 0.3) is 0 Å². The third kappa shape index (κ3) is 4.56. The monoisotopic (exact) mass is 323 g/mol. The maximum absolute atomic E-state index is 12.4. The molecular weight excluding hydrogens is 302 g/mol. The Morgan fingerprint density at radius 3 is 2.25 bits per heavy atom. The summed E-state index contributed by atoms with van der Waals surface area (Å²) in [4.78, 5) is 24.0. The molecule has 4 heteroatoms. The Balaban J connectivity index is 2.29. The third-order valence-electron chi connectivity index (χ3n) is 3.42. The average Bonchev–Trinajstić information content (AvgIpc) is 2.53. The van der Waals surface area contributed by atoms with Crippen molar-refractivity contribution < 1.29 is 14.3 Å². The highest BCUT2D eigenvalue weighted by molar-refractivity contribution is 6.06. The van der Waals surface area contributed by atoms with Gasteiger partial charge in [0.25, 0.3) is 5.91 Å². The summed E-state index contributed by atoms with van der Waals surface area (Å²) in [6.45, 7) is 9.43. The second-order valence-corrected chi connectivity index (χ2v) is 5.83. The number of carbonyl (C=O) groups is 2. The van der Waals surface area contributed by atoms with Crippen molar-refractivity contribution in [1.29, 1.82) is 0 Å². The van der Waals surface area contributed by atoms with Gasteiger partial charge in [0.05, 0.1) is 5.69 Å². The highest BCUT2D eigenvalue weighted by Crippen LogP contribution is 2.27. The molecule has 0 atom stereocenters. The van der Waals surface area contributed by atoms with E-state index in [4.69, 9.17) is 4.74 Å². The van der Waals surface area contributed by atoms with Gasteiger partial charge in [0, 0.05) is 11.1 Å². The lowest BCUT2D eigenvalue weighted by molar-refractivity contribution is 0.101. The fraction of sp³-hybridized carbons (Fsp3) is 0.200. The van der Waals surface area contributed by atoms with Gasteiger partial charge >= 0.3 is 0 Å². The summed E-state index contributed by atoms with van der Waals surface area (Å²) < 4.78 is 5.66. The van der Waals surface area contributed by atoms with Crippen molar-refractivity contribution in [3.63, 3.8) is 0 Å². The number of Topliss-reactive ketones (excluding diaryl/α,β-unsaturated/α-hetero) is 1. The molecule has 0 radical (unpaired) electrons. The standard InChI is InChI=1S/C20H21NO3/c1-13(2)12-24-19-10-9-17(15(4)22)11-18(19)21-20(23)16-7-5-14(3)6-8-16/h5-11H,1,12H2,2-4H3,(H,21,23). The predicted molar refractivity (Wildman–Crippen MR) is 95.9 cm³/mol. The average molecular weight is 323 g/mol. The van der Waals surface area contributed by atoms with Gasteiger partial charge in [-0.15, -0.1) is 0 Å². The van der Waals surface area contributed by atoms with Crippen molar-refractivity contribution in [2.24, 2.45) is 0 Å². The number of amides is 1. The van der Waals surface area contributed by atoms with E-state index in [2.05, 4.69) is 11.9 Å². The minimum Gasteiger partial charge on any atom is -0.487 e. The van der Waals surface area contributed by atoms with Crippen LogP contribution in [0.15, 0.2) is 54.6 Å². The Morgan fingerprint density at radius 2 is 1.67 bits per heavy atom. The Labute approximate surface area is 142 Å². The van der Waals surface area contributed by atoms with E-state index in [9.17, 15) is 9.59 Å². The Morgan fingerprint density at radius 1 is 1.04 bits per heavy atom. The first-order chi connectivity index (χ1) is 11.4. The van der Waals surface area contributed by atoms with Crippen LogP contribution in [0.4, 0.5) is 5.69 Å². The van der Waals surface area contributed by atoms with E-state index in [-0.39, 0.29) is 11.7 Å². The van der Waals surface area contributed by atoms with Gasteiger partial charge in [0.15, 0.2) is 5.78 Å². The zero-order chi connectivity index (χ0) is 17.7. The maximum atomic E-state index is 12.4. The molecule has 2 aromatic carbocycles. The number of hydrogen-bond donors (Lipinski definition) is 1. The van der Waals surface area contributed by atoms with Gasteiger partial charge in [-0.25, -0.2) is 0 Å². The molecule has 1 N–H and O–H groups in total. The molecule has 0 saturated heterocycles. The number of rotatable bonds is 6. The maximum Gasteiger partial charge on any atom is 0.255 e. The quantitative estimate of drug-likeness (QED) is 0.633. The van der Waals surface area contributed by atoms with Crippen molar-refractivity contribution in [3.8, 4) is 5.75 Å². The summed E-state index contributed by atoms with van der Waals surface area (Å²) in [6, 6.07) is 12.3. The number of nitrogens with one attached hydrogen (secondary N) is 1. The van der Waals surface area contributed by atoms with Crippen molar-refractivity contribution >= 4 is 17.4 Å². The molecule has 2 aromatic rings. The Hall–Kier alpha value is -2.88. The molecule has 0 aliphatic heterocycles. The SMILES string of the molecule is C=C(C)COc1ccc(C(C)=O)cc1NC(=O)c1ccc(C)cc1. The fourth-order valence-electron chi connectivity index (χ4n) is 2.07. The smallest absolute Gasteiger partial charge is 0.255 e. The largest absolute Gasteiger partial charge is 0.487 e. The van der Waals surface area contributed by atoms with E-state index in [0.717, 1.165) is 11.1 Å². The molecule has 0 spiro atoms. The Bertz CT molecular complexity index is 776. The van der Waals surface area contributed by atoms with Gasteiger partial charge in [-0.2, -0.15) is 0 Å². The zero-order valence-electron chi connectivity index (χ0n) is 14.2. The van der Waals surface area contributed by atoms with Crippen LogP contribution in [-0.4, -0.2) is 18.3 Å². The van der Waals surface area contributed by atoms with Crippen molar-refractivity contribution in [1.82, 2.24) is 0 Å². The van der Waals surface area contributed by atoms with Crippen LogP contribution in [0, 0.1) is 6.92 Å². The van der Waals surface area contributed by atoms with Gasteiger partial charge in [-0.3, -0.25) is 9.59 Å². The molecule has 0 heterocycles. The number of anilines is 1. The van der Waals surface area contributed by atoms with E-state index < -0.39 is 0 Å². The van der Waals surface area contributed by atoms with Crippen LogP contribution in [0.5, 0.6) is 5.75 Å². The third-order valence-corrected chi connectivity index (χ3v) is 3.42. The number of ketones is 1. The van der Waals surface area contributed by atoms with Crippen LogP contribution in [0.2, 0.25) is 0 Å². The molecule has 0 fully saturated rings. The molecular formula is C20H21NO3.